The van der Waals surface area contributed by atoms with Crippen molar-refractivity contribution < 1.29 is 17.9 Å². The van der Waals surface area contributed by atoms with E-state index in [4.69, 9.17) is 4.74 Å². The van der Waals surface area contributed by atoms with E-state index in [-0.39, 0.29) is 16.8 Å². The molecule has 152 valence electrons. The molecule has 7 heteroatoms. The van der Waals surface area contributed by atoms with Gasteiger partial charge in [0.25, 0.3) is 0 Å². The molecule has 1 atom stereocenters. The molecule has 1 saturated heterocycles. The number of ether oxygens (including phenoxy) is 1. The Morgan fingerprint density at radius 1 is 1.26 bits per heavy atom. The third-order valence-corrected chi connectivity index (χ3v) is 6.85. The molecule has 0 aliphatic carbocycles. The van der Waals surface area contributed by atoms with Gasteiger partial charge in [-0.05, 0) is 56.4 Å². The molecule has 27 heavy (non-hydrogen) atoms. The fourth-order valence-corrected chi connectivity index (χ4v) is 5.03. The highest BCUT2D eigenvalue weighted by molar-refractivity contribution is 7.89. The van der Waals surface area contributed by atoms with Crippen LogP contribution in [0, 0.1) is 0 Å². The lowest BCUT2D eigenvalue weighted by Gasteiger charge is -2.26. The maximum atomic E-state index is 12.9. The van der Waals surface area contributed by atoms with E-state index >= 15 is 0 Å². The predicted octanol–water partition coefficient (Wildman–Crippen LogP) is 3.11. The van der Waals surface area contributed by atoms with Crippen LogP contribution in [0.2, 0.25) is 0 Å². The first kappa shape index (κ1) is 21.7. The lowest BCUT2D eigenvalue weighted by atomic mass is 10.1. The highest BCUT2D eigenvalue weighted by Gasteiger charge is 2.26. The third kappa shape index (κ3) is 5.94. The fraction of sp³-hybridized carbons (Fsp3) is 0.650. The zero-order chi connectivity index (χ0) is 19.9. The van der Waals surface area contributed by atoms with Crippen LogP contribution in [0.1, 0.15) is 57.9 Å². The molecule has 0 bridgehead atoms. The number of nitrogens with one attached hydrogen (secondary N) is 1. The summed E-state index contributed by atoms with van der Waals surface area (Å²) in [6.45, 7) is 5.22. The summed E-state index contributed by atoms with van der Waals surface area (Å²) in [6, 6.07) is 5.08. The standard InChI is InChI=1S/C20H32N2O4S/c1-4-8-16(2)21-20(23)12-9-17-15-18(10-11-19(17)26-3)27(24,25)22-13-6-5-7-14-22/h10-11,15-16H,4-9,12-14H2,1-3H3,(H,21,23)/t16-/m0/s1. The van der Waals surface area contributed by atoms with Gasteiger partial charge in [0.05, 0.1) is 12.0 Å². The average Bonchev–Trinajstić information content (AvgIpc) is 2.67. The van der Waals surface area contributed by atoms with Crippen molar-refractivity contribution in [2.75, 3.05) is 20.2 Å². The molecule has 1 amide bonds. The van der Waals surface area contributed by atoms with Crippen LogP contribution in [-0.2, 0) is 21.2 Å². The largest absolute Gasteiger partial charge is 0.496 e. The molecule has 1 N–H and O–H groups in total. The second-order valence-corrected chi connectivity index (χ2v) is 9.13. The number of hydrogen-bond acceptors (Lipinski definition) is 4. The van der Waals surface area contributed by atoms with Gasteiger partial charge in [0.15, 0.2) is 0 Å². The minimum Gasteiger partial charge on any atom is -0.496 e. The van der Waals surface area contributed by atoms with Crippen molar-refractivity contribution in [3.05, 3.63) is 23.8 Å². The van der Waals surface area contributed by atoms with Crippen LogP contribution < -0.4 is 10.1 Å². The summed E-state index contributed by atoms with van der Waals surface area (Å²) >= 11 is 0. The summed E-state index contributed by atoms with van der Waals surface area (Å²) in [7, 11) is -1.94. The van der Waals surface area contributed by atoms with Gasteiger partial charge in [0.2, 0.25) is 15.9 Å². The molecule has 0 spiro atoms. The SMILES string of the molecule is CCC[C@H](C)NC(=O)CCc1cc(S(=O)(=O)N2CCCCC2)ccc1OC. The van der Waals surface area contributed by atoms with Crippen molar-refractivity contribution in [1.29, 1.82) is 0 Å². The Kier molecular flexibility index (Phi) is 8.10. The van der Waals surface area contributed by atoms with Crippen LogP contribution in [0.3, 0.4) is 0 Å². The predicted molar refractivity (Wildman–Crippen MR) is 106 cm³/mol. The minimum absolute atomic E-state index is 0.0257. The van der Waals surface area contributed by atoms with E-state index in [2.05, 4.69) is 12.2 Å². The number of carbonyl (C=O) groups excluding carboxylic acids is 1. The van der Waals surface area contributed by atoms with Crippen molar-refractivity contribution >= 4 is 15.9 Å². The molecule has 1 aromatic carbocycles. The van der Waals surface area contributed by atoms with Gasteiger partial charge in [0, 0.05) is 25.6 Å². The number of hydrogen-bond donors (Lipinski definition) is 1. The molecule has 1 fully saturated rings. The number of aryl methyl sites for hydroxylation is 1. The third-order valence-electron chi connectivity index (χ3n) is 4.96. The van der Waals surface area contributed by atoms with Gasteiger partial charge in [-0.3, -0.25) is 4.79 Å². The highest BCUT2D eigenvalue weighted by Crippen LogP contribution is 2.27. The Hall–Kier alpha value is -1.60. The molecular formula is C20H32N2O4S. The number of benzene rings is 1. The van der Waals surface area contributed by atoms with E-state index in [1.54, 1.807) is 29.6 Å². The number of piperidine rings is 1. The molecule has 0 unspecified atom stereocenters. The average molecular weight is 397 g/mol. The molecule has 0 saturated carbocycles. The maximum Gasteiger partial charge on any atom is 0.243 e. The smallest absolute Gasteiger partial charge is 0.243 e. The van der Waals surface area contributed by atoms with Gasteiger partial charge < -0.3 is 10.1 Å². The Labute approximate surface area is 163 Å². The lowest BCUT2D eigenvalue weighted by Crippen LogP contribution is -2.35. The summed E-state index contributed by atoms with van der Waals surface area (Å²) in [5.74, 6) is 0.587. The van der Waals surface area contributed by atoms with E-state index in [9.17, 15) is 13.2 Å². The molecule has 0 aromatic heterocycles. The van der Waals surface area contributed by atoms with Gasteiger partial charge in [-0.15, -0.1) is 0 Å². The number of carbonyl (C=O) groups is 1. The number of amides is 1. The van der Waals surface area contributed by atoms with Crippen molar-refractivity contribution in [3.8, 4) is 5.75 Å². The van der Waals surface area contributed by atoms with Crippen molar-refractivity contribution in [2.45, 2.75) is 69.7 Å². The van der Waals surface area contributed by atoms with Crippen LogP contribution >= 0.6 is 0 Å². The Morgan fingerprint density at radius 3 is 2.59 bits per heavy atom. The molecule has 1 aliphatic rings. The van der Waals surface area contributed by atoms with E-state index in [1.807, 2.05) is 6.92 Å². The number of sulfonamides is 1. The summed E-state index contributed by atoms with van der Waals surface area (Å²) < 4.78 is 32.7. The van der Waals surface area contributed by atoms with Crippen LogP contribution in [0.25, 0.3) is 0 Å². The van der Waals surface area contributed by atoms with Crippen molar-refractivity contribution in [1.82, 2.24) is 9.62 Å². The van der Waals surface area contributed by atoms with Crippen molar-refractivity contribution in [2.24, 2.45) is 0 Å². The second kappa shape index (κ2) is 10.1. The number of methoxy groups -OCH3 is 1. The second-order valence-electron chi connectivity index (χ2n) is 7.20. The minimum atomic E-state index is -3.50. The monoisotopic (exact) mass is 396 g/mol. The molecular weight excluding hydrogens is 364 g/mol. The summed E-state index contributed by atoms with van der Waals surface area (Å²) in [6.07, 6.45) is 5.58. The molecule has 1 aromatic rings. The number of rotatable bonds is 9. The maximum absolute atomic E-state index is 12.9. The quantitative estimate of drug-likeness (QED) is 0.696. The Balaban J connectivity index is 2.11. The van der Waals surface area contributed by atoms with Crippen LogP contribution in [0.4, 0.5) is 0 Å². The van der Waals surface area contributed by atoms with Gasteiger partial charge >= 0.3 is 0 Å². The lowest BCUT2D eigenvalue weighted by molar-refractivity contribution is -0.121. The van der Waals surface area contributed by atoms with Gasteiger partial charge in [-0.25, -0.2) is 8.42 Å². The zero-order valence-electron chi connectivity index (χ0n) is 16.7. The van der Waals surface area contributed by atoms with Gasteiger partial charge in [-0.1, -0.05) is 19.8 Å². The normalized spacial score (nSPS) is 16.7. The van der Waals surface area contributed by atoms with Gasteiger partial charge in [0.1, 0.15) is 5.75 Å². The van der Waals surface area contributed by atoms with Crippen molar-refractivity contribution in [3.63, 3.8) is 0 Å². The fourth-order valence-electron chi connectivity index (χ4n) is 3.47. The first-order valence-corrected chi connectivity index (χ1v) is 11.3. The zero-order valence-corrected chi connectivity index (χ0v) is 17.5. The Bertz CT molecular complexity index is 727. The number of nitrogens with zero attached hydrogens (tertiary/aromatic N) is 1. The first-order chi connectivity index (χ1) is 12.9. The van der Waals surface area contributed by atoms with Crippen LogP contribution in [0.15, 0.2) is 23.1 Å². The molecule has 0 radical (unpaired) electrons. The summed E-state index contributed by atoms with van der Waals surface area (Å²) in [4.78, 5) is 12.4. The molecule has 1 aliphatic heterocycles. The summed E-state index contributed by atoms with van der Waals surface area (Å²) in [5, 5.41) is 2.98. The Morgan fingerprint density at radius 2 is 1.96 bits per heavy atom. The molecule has 1 heterocycles. The van der Waals surface area contributed by atoms with E-state index in [0.29, 0.717) is 31.7 Å². The van der Waals surface area contributed by atoms with Crippen LogP contribution in [0.5, 0.6) is 5.75 Å². The molecule has 6 nitrogen and oxygen atoms in total. The summed E-state index contributed by atoms with van der Waals surface area (Å²) in [5.41, 5.74) is 0.744. The molecule has 2 rings (SSSR count). The van der Waals surface area contributed by atoms with Crippen LogP contribution in [-0.4, -0.2) is 44.9 Å². The highest BCUT2D eigenvalue weighted by atomic mass is 32.2. The van der Waals surface area contributed by atoms with Gasteiger partial charge in [-0.2, -0.15) is 4.31 Å². The van der Waals surface area contributed by atoms with E-state index in [0.717, 1.165) is 37.7 Å². The van der Waals surface area contributed by atoms with E-state index < -0.39 is 10.0 Å². The topological polar surface area (TPSA) is 75.7 Å². The first-order valence-electron chi connectivity index (χ1n) is 9.85. The van der Waals surface area contributed by atoms with E-state index in [1.165, 1.54) is 0 Å².